The van der Waals surface area contributed by atoms with Crippen LogP contribution in [0.25, 0.3) is 0 Å². The largest absolute Gasteiger partial charge is 0.439 e. The van der Waals surface area contributed by atoms with Crippen LogP contribution in [0.1, 0.15) is 25.6 Å². The zero-order chi connectivity index (χ0) is 14.0. The number of nitriles is 1. The maximum absolute atomic E-state index is 9.11. The van der Waals surface area contributed by atoms with Gasteiger partial charge in [0.2, 0.25) is 5.88 Å². The van der Waals surface area contributed by atoms with E-state index in [9.17, 15) is 0 Å². The number of hydrogen-bond donors (Lipinski definition) is 1. The smallest absolute Gasteiger partial charge is 0.224 e. The van der Waals surface area contributed by atoms with E-state index in [1.807, 2.05) is 13.8 Å². The van der Waals surface area contributed by atoms with E-state index >= 15 is 0 Å². The number of ether oxygens (including phenoxy) is 1. The predicted molar refractivity (Wildman–Crippen MR) is 75.5 cm³/mol. The molecule has 0 amide bonds. The van der Waals surface area contributed by atoms with E-state index in [0.29, 0.717) is 28.0 Å². The van der Waals surface area contributed by atoms with Gasteiger partial charge in [0.05, 0.1) is 5.69 Å². The van der Waals surface area contributed by atoms with Crippen molar-refractivity contribution in [2.24, 2.45) is 0 Å². The molecule has 1 heterocycles. The average molecular weight is 276 g/mol. The van der Waals surface area contributed by atoms with Crippen LogP contribution in [0.15, 0.2) is 30.3 Å². The van der Waals surface area contributed by atoms with Gasteiger partial charge in [0.1, 0.15) is 17.5 Å². The highest BCUT2D eigenvalue weighted by Crippen LogP contribution is 2.34. The molecule has 0 aliphatic heterocycles. The third-order valence-corrected chi connectivity index (χ3v) is 2.89. The Hall–Kier alpha value is -2.12. The topological polar surface area (TPSA) is 64.0 Å². The van der Waals surface area contributed by atoms with Crippen molar-refractivity contribution in [3.63, 3.8) is 0 Å². The maximum Gasteiger partial charge on any atom is 0.224 e. The molecule has 5 heteroatoms. The third kappa shape index (κ3) is 2.67. The number of benzene rings is 1. The fourth-order valence-corrected chi connectivity index (χ4v) is 2.06. The molecule has 19 heavy (non-hydrogen) atoms. The molecule has 98 valence electrons. The molecule has 2 aromatic rings. The molecule has 4 nitrogen and oxygen atoms in total. The zero-order valence-corrected chi connectivity index (χ0v) is 11.5. The number of nitrogens with zero attached hydrogens (tertiary/aromatic N) is 2. The van der Waals surface area contributed by atoms with E-state index in [2.05, 4.69) is 6.07 Å². The SMILES string of the molecule is CC(C)n1c(C#N)cc(N)c1Oc1cccc(Cl)c1. The first-order valence-electron chi connectivity index (χ1n) is 5.87. The summed E-state index contributed by atoms with van der Waals surface area (Å²) in [6, 6.07) is 10.8. The molecule has 0 atom stereocenters. The van der Waals surface area contributed by atoms with Gasteiger partial charge in [-0.25, -0.2) is 0 Å². The summed E-state index contributed by atoms with van der Waals surface area (Å²) >= 11 is 5.92. The Morgan fingerprint density at radius 3 is 2.68 bits per heavy atom. The van der Waals surface area contributed by atoms with Gasteiger partial charge in [-0.05, 0) is 32.0 Å². The summed E-state index contributed by atoms with van der Waals surface area (Å²) in [6.07, 6.45) is 0. The molecule has 0 radical (unpaired) electrons. The summed E-state index contributed by atoms with van der Waals surface area (Å²) in [6.45, 7) is 3.93. The predicted octanol–water partition coefficient (Wildman–Crippen LogP) is 3.97. The van der Waals surface area contributed by atoms with E-state index in [1.54, 1.807) is 34.9 Å². The van der Waals surface area contributed by atoms with Gasteiger partial charge in [-0.15, -0.1) is 0 Å². The molecule has 0 unspecified atom stereocenters. The van der Waals surface area contributed by atoms with Crippen molar-refractivity contribution in [2.45, 2.75) is 19.9 Å². The van der Waals surface area contributed by atoms with Gasteiger partial charge in [0, 0.05) is 17.1 Å². The molecule has 1 aromatic carbocycles. The summed E-state index contributed by atoms with van der Waals surface area (Å²) < 4.78 is 7.53. The minimum Gasteiger partial charge on any atom is -0.439 e. The highest BCUT2D eigenvalue weighted by atomic mass is 35.5. The highest BCUT2D eigenvalue weighted by Gasteiger charge is 2.17. The van der Waals surface area contributed by atoms with Gasteiger partial charge in [-0.3, -0.25) is 4.57 Å². The maximum atomic E-state index is 9.11. The summed E-state index contributed by atoms with van der Waals surface area (Å²) in [7, 11) is 0. The van der Waals surface area contributed by atoms with Gasteiger partial charge in [0.25, 0.3) is 0 Å². The first-order valence-corrected chi connectivity index (χ1v) is 6.25. The Morgan fingerprint density at radius 1 is 1.37 bits per heavy atom. The van der Waals surface area contributed by atoms with E-state index in [1.165, 1.54) is 0 Å². The van der Waals surface area contributed by atoms with Crippen molar-refractivity contribution in [1.82, 2.24) is 4.57 Å². The van der Waals surface area contributed by atoms with Gasteiger partial charge in [-0.2, -0.15) is 5.26 Å². The Balaban J connectivity index is 2.45. The molecular formula is C14H14ClN3O. The minimum absolute atomic E-state index is 0.0705. The number of nitrogens with two attached hydrogens (primary N) is 1. The highest BCUT2D eigenvalue weighted by molar-refractivity contribution is 6.30. The Bertz CT molecular complexity index is 641. The van der Waals surface area contributed by atoms with Gasteiger partial charge in [0.15, 0.2) is 0 Å². The molecule has 0 aliphatic rings. The lowest BCUT2D eigenvalue weighted by Crippen LogP contribution is -2.06. The number of aromatic nitrogens is 1. The van der Waals surface area contributed by atoms with Crippen LogP contribution in [0.4, 0.5) is 5.69 Å². The number of nitrogen functional groups attached to an aromatic ring is 1. The van der Waals surface area contributed by atoms with Crippen molar-refractivity contribution >= 4 is 17.3 Å². The Morgan fingerprint density at radius 2 is 2.11 bits per heavy atom. The van der Waals surface area contributed by atoms with Crippen molar-refractivity contribution in [3.8, 4) is 17.7 Å². The molecule has 1 aromatic heterocycles. The molecule has 0 fully saturated rings. The lowest BCUT2D eigenvalue weighted by Gasteiger charge is -2.15. The zero-order valence-electron chi connectivity index (χ0n) is 10.7. The summed E-state index contributed by atoms with van der Waals surface area (Å²) in [5.41, 5.74) is 6.82. The fraction of sp³-hybridized carbons (Fsp3) is 0.214. The third-order valence-electron chi connectivity index (χ3n) is 2.66. The second-order valence-corrected chi connectivity index (χ2v) is 4.86. The normalized spacial score (nSPS) is 10.5. The second-order valence-electron chi connectivity index (χ2n) is 4.43. The fourth-order valence-electron chi connectivity index (χ4n) is 1.88. The van der Waals surface area contributed by atoms with E-state index in [4.69, 9.17) is 27.3 Å². The van der Waals surface area contributed by atoms with Crippen molar-refractivity contribution in [3.05, 3.63) is 41.0 Å². The van der Waals surface area contributed by atoms with Crippen LogP contribution in [0.5, 0.6) is 11.6 Å². The van der Waals surface area contributed by atoms with Crippen molar-refractivity contribution in [2.75, 3.05) is 5.73 Å². The summed E-state index contributed by atoms with van der Waals surface area (Å²) in [5.74, 6) is 1.05. The summed E-state index contributed by atoms with van der Waals surface area (Å²) in [5, 5.41) is 9.69. The van der Waals surface area contributed by atoms with Gasteiger partial charge in [-0.1, -0.05) is 17.7 Å². The molecule has 2 N–H and O–H groups in total. The van der Waals surface area contributed by atoms with Crippen LogP contribution in [-0.4, -0.2) is 4.57 Å². The number of halogens is 1. The van der Waals surface area contributed by atoms with Crippen LogP contribution < -0.4 is 10.5 Å². The van der Waals surface area contributed by atoms with E-state index in [-0.39, 0.29) is 6.04 Å². The number of anilines is 1. The molecule has 0 spiro atoms. The van der Waals surface area contributed by atoms with Crippen LogP contribution in [0.2, 0.25) is 5.02 Å². The standard InChI is InChI=1S/C14H14ClN3O/c1-9(2)18-11(8-16)7-13(17)14(18)19-12-5-3-4-10(15)6-12/h3-7,9H,17H2,1-2H3. The van der Waals surface area contributed by atoms with Crippen LogP contribution in [-0.2, 0) is 0 Å². The van der Waals surface area contributed by atoms with E-state index in [0.717, 1.165) is 0 Å². The average Bonchev–Trinajstić information content (AvgIpc) is 2.66. The Labute approximate surface area is 117 Å². The molecule has 0 bridgehead atoms. The quantitative estimate of drug-likeness (QED) is 0.922. The van der Waals surface area contributed by atoms with Gasteiger partial charge >= 0.3 is 0 Å². The minimum atomic E-state index is 0.0705. The Kier molecular flexibility index (Phi) is 3.68. The number of rotatable bonds is 3. The van der Waals surface area contributed by atoms with Crippen molar-refractivity contribution in [1.29, 1.82) is 5.26 Å². The lowest BCUT2D eigenvalue weighted by atomic mass is 10.3. The monoisotopic (exact) mass is 275 g/mol. The molecule has 2 rings (SSSR count). The van der Waals surface area contributed by atoms with Crippen LogP contribution in [0, 0.1) is 11.3 Å². The first kappa shape index (κ1) is 13.3. The molecular weight excluding hydrogens is 262 g/mol. The molecule has 0 saturated carbocycles. The first-order chi connectivity index (χ1) is 9.02. The van der Waals surface area contributed by atoms with Crippen LogP contribution >= 0.6 is 11.6 Å². The lowest BCUT2D eigenvalue weighted by molar-refractivity contribution is 0.412. The van der Waals surface area contributed by atoms with E-state index < -0.39 is 0 Å². The van der Waals surface area contributed by atoms with Gasteiger partial charge < -0.3 is 10.5 Å². The number of hydrogen-bond acceptors (Lipinski definition) is 3. The van der Waals surface area contributed by atoms with Crippen molar-refractivity contribution < 1.29 is 4.74 Å². The second kappa shape index (κ2) is 5.25. The van der Waals surface area contributed by atoms with Crippen LogP contribution in [0.3, 0.4) is 0 Å². The molecule has 0 aliphatic carbocycles. The molecule has 0 saturated heterocycles. The summed E-state index contributed by atoms with van der Waals surface area (Å²) in [4.78, 5) is 0.